The van der Waals surface area contributed by atoms with Crippen LogP contribution in [0.4, 0.5) is 0 Å². The molecule has 3 aliphatic heterocycles. The third-order valence-corrected chi connectivity index (χ3v) is 18.9. The van der Waals surface area contributed by atoms with Crippen LogP contribution in [0, 0.1) is 5.92 Å². The number of oxazole rings is 1. The largest absolute Gasteiger partial charge is 0.506 e. The molecule has 12 heteroatoms. The molecule has 0 spiro atoms. The van der Waals surface area contributed by atoms with Crippen molar-refractivity contribution in [1.29, 1.82) is 0 Å². The molecule has 3 aromatic carbocycles. The van der Waals surface area contributed by atoms with Gasteiger partial charge < -0.3 is 29.0 Å². The van der Waals surface area contributed by atoms with Gasteiger partial charge in [-0.25, -0.2) is 4.79 Å². The first-order valence-corrected chi connectivity index (χ1v) is 25.5. The molecule has 9 rings (SSSR count). The van der Waals surface area contributed by atoms with Crippen molar-refractivity contribution < 1.29 is 23.5 Å². The van der Waals surface area contributed by atoms with E-state index >= 15 is 0 Å². The molecule has 2 atom stereocenters. The first-order chi connectivity index (χ1) is 29.2. The molecule has 0 amide bonds. The molecule has 5 heterocycles. The minimum atomic E-state index is -2.24. The zero-order chi connectivity index (χ0) is 42.9. The maximum Gasteiger partial charge on any atom is 0.419 e. The lowest BCUT2D eigenvalue weighted by Crippen LogP contribution is -2.53. The summed E-state index contributed by atoms with van der Waals surface area (Å²) >= 11 is 0. The van der Waals surface area contributed by atoms with Crippen molar-refractivity contribution in [2.75, 3.05) is 26.2 Å². The molecule has 2 aromatic heterocycles. The number of aromatic nitrogens is 2. The van der Waals surface area contributed by atoms with Crippen LogP contribution in [0.2, 0.25) is 18.1 Å². The lowest BCUT2D eigenvalue weighted by Gasteiger charge is -2.45. The Morgan fingerprint density at radius 3 is 2.51 bits per heavy atom. The van der Waals surface area contributed by atoms with E-state index in [0.717, 1.165) is 111 Å². The molecular weight excluding hydrogens is 785 g/mol. The standard InChI is InChI=1S/C49H64N4O7Si/c1-48(2,3)61(4,5)60-42(37-16-19-40(54)45-38(37)17-20-44(55)51-45)31-50-30-34-15-18-39-41(29-34)59-47(57)53(39)25-10-7-12-33-13-11-14-36(28-33)49(23-8-6-9-24-49)46(56)58-43-32-52-26-21-35(43)22-27-52/h11,13-20,28-29,35,42-43,50,54H,6-10,12,21-27,30-32H2,1-5H3,(H,51,55)/t42-,43?/m0/s1. The topological polar surface area (TPSA) is 139 Å². The van der Waals surface area contributed by atoms with Crippen molar-refractivity contribution in [3.63, 3.8) is 0 Å². The van der Waals surface area contributed by atoms with Crippen molar-refractivity contribution in [2.45, 2.75) is 134 Å². The van der Waals surface area contributed by atoms with Crippen LogP contribution in [-0.2, 0) is 38.9 Å². The number of ether oxygens (including phenoxy) is 1. The summed E-state index contributed by atoms with van der Waals surface area (Å²) in [6.45, 7) is 15.7. The van der Waals surface area contributed by atoms with Gasteiger partial charge in [-0.1, -0.05) is 76.4 Å². The third kappa shape index (κ3) is 9.19. The van der Waals surface area contributed by atoms with Gasteiger partial charge in [0.05, 0.1) is 22.6 Å². The second-order valence-corrected chi connectivity index (χ2v) is 24.2. The van der Waals surface area contributed by atoms with E-state index in [1.165, 1.54) is 11.6 Å². The Morgan fingerprint density at radius 1 is 0.984 bits per heavy atom. The number of hydrogen-bond donors (Lipinski definition) is 3. The van der Waals surface area contributed by atoms with Gasteiger partial charge in [-0.3, -0.25) is 19.1 Å². The number of hydrogen-bond acceptors (Lipinski definition) is 9. The molecule has 61 heavy (non-hydrogen) atoms. The Hall–Kier alpha value is -4.49. The summed E-state index contributed by atoms with van der Waals surface area (Å²) in [5.74, 6) is 0.134. The van der Waals surface area contributed by atoms with Gasteiger partial charge in [-0.2, -0.15) is 0 Å². The van der Waals surface area contributed by atoms with Crippen molar-refractivity contribution in [2.24, 2.45) is 5.92 Å². The predicted octanol–water partition coefficient (Wildman–Crippen LogP) is 8.86. The summed E-state index contributed by atoms with van der Waals surface area (Å²) in [5, 5.41) is 14.8. The number of aryl methyl sites for hydroxylation is 2. The van der Waals surface area contributed by atoms with Crippen molar-refractivity contribution in [3.05, 3.63) is 110 Å². The number of esters is 1. The fourth-order valence-electron chi connectivity index (χ4n) is 9.75. The van der Waals surface area contributed by atoms with Gasteiger partial charge >= 0.3 is 11.7 Å². The van der Waals surface area contributed by atoms with Gasteiger partial charge in [-0.15, -0.1) is 0 Å². The number of piperidine rings is 3. The SMILES string of the molecule is CC(C)(C)[Si](C)(C)O[C@@H](CNCc1ccc2c(c1)oc(=O)n2CCCCc1cccc(C2(C(=O)OC3CN4CCC3CC4)CCCCC2)c1)c1ccc(O)c2[nH]c(=O)ccc12. The second-order valence-electron chi connectivity index (χ2n) is 19.5. The Bertz CT molecular complexity index is 2470. The summed E-state index contributed by atoms with van der Waals surface area (Å²) in [5.41, 5.74) is 5.06. The highest BCUT2D eigenvalue weighted by Gasteiger charge is 2.46. The summed E-state index contributed by atoms with van der Waals surface area (Å²) < 4.78 is 20.9. The molecule has 11 nitrogen and oxygen atoms in total. The third-order valence-electron chi connectivity index (χ3n) is 14.4. The summed E-state index contributed by atoms with van der Waals surface area (Å²) in [6.07, 6.45) is 9.43. The van der Waals surface area contributed by atoms with E-state index in [9.17, 15) is 19.5 Å². The van der Waals surface area contributed by atoms with Gasteiger partial charge in [0, 0.05) is 37.6 Å². The number of phenols is 1. The summed E-state index contributed by atoms with van der Waals surface area (Å²) in [7, 11) is -2.24. The Labute approximate surface area is 360 Å². The maximum absolute atomic E-state index is 14.1. The van der Waals surface area contributed by atoms with Gasteiger partial charge in [-0.05, 0) is 129 Å². The predicted molar refractivity (Wildman–Crippen MR) is 243 cm³/mol. The van der Waals surface area contributed by atoms with Crippen LogP contribution in [0.3, 0.4) is 0 Å². The molecule has 5 aromatic rings. The van der Waals surface area contributed by atoms with Crippen molar-refractivity contribution in [1.82, 2.24) is 19.8 Å². The number of carbonyl (C=O) groups is 1. The van der Waals surface area contributed by atoms with Gasteiger partial charge in [0.1, 0.15) is 11.9 Å². The monoisotopic (exact) mass is 848 g/mol. The van der Waals surface area contributed by atoms with Crippen LogP contribution in [0.5, 0.6) is 5.75 Å². The maximum atomic E-state index is 14.1. The highest BCUT2D eigenvalue weighted by Crippen LogP contribution is 2.43. The number of H-pyrrole nitrogens is 1. The number of aromatic amines is 1. The van der Waals surface area contributed by atoms with E-state index in [0.29, 0.717) is 36.7 Å². The molecule has 1 unspecified atom stereocenters. The number of fused-ring (bicyclic) bond motifs is 5. The van der Waals surface area contributed by atoms with Crippen LogP contribution in [0.15, 0.2) is 80.7 Å². The average molecular weight is 849 g/mol. The highest BCUT2D eigenvalue weighted by atomic mass is 28.4. The van der Waals surface area contributed by atoms with Crippen LogP contribution in [-0.4, -0.2) is 66.1 Å². The first kappa shape index (κ1) is 43.2. The zero-order valence-electron chi connectivity index (χ0n) is 36.7. The minimum absolute atomic E-state index is 0.0161. The molecule has 1 saturated carbocycles. The quantitative estimate of drug-likeness (QED) is 0.0536. The molecule has 4 aliphatic rings. The van der Waals surface area contributed by atoms with Gasteiger partial charge in [0.25, 0.3) is 0 Å². The van der Waals surface area contributed by atoms with Crippen molar-refractivity contribution >= 4 is 36.3 Å². The molecule has 2 bridgehead atoms. The molecular formula is C49H64N4O7Si. The van der Waals surface area contributed by atoms with E-state index < -0.39 is 13.7 Å². The molecule has 326 valence electrons. The fraction of sp³-hybridized carbons (Fsp3) is 0.531. The highest BCUT2D eigenvalue weighted by molar-refractivity contribution is 6.74. The smallest absolute Gasteiger partial charge is 0.419 e. The number of nitrogens with one attached hydrogen (secondary N) is 2. The zero-order valence-corrected chi connectivity index (χ0v) is 37.7. The number of rotatable bonds is 15. The molecule has 1 aliphatic carbocycles. The van der Waals surface area contributed by atoms with Crippen LogP contribution in [0.25, 0.3) is 22.0 Å². The Balaban J connectivity index is 0.898. The van der Waals surface area contributed by atoms with Crippen LogP contribution in [0.1, 0.15) is 107 Å². The van der Waals surface area contributed by atoms with Gasteiger partial charge in [0.15, 0.2) is 13.9 Å². The molecule has 0 radical (unpaired) electrons. The number of unbranched alkanes of at least 4 members (excludes halogenated alkanes) is 1. The Kier molecular flexibility index (Phi) is 12.5. The molecule has 3 N–H and O–H groups in total. The summed E-state index contributed by atoms with van der Waals surface area (Å²) in [4.78, 5) is 44.6. The number of nitrogens with zero attached hydrogens (tertiary/aromatic N) is 2. The number of pyridine rings is 1. The molecule has 4 fully saturated rings. The van der Waals surface area contributed by atoms with E-state index in [2.05, 4.69) is 73.3 Å². The molecule has 3 saturated heterocycles. The number of phenolic OH excluding ortho intramolecular Hbond substituents is 1. The lowest BCUT2D eigenvalue weighted by atomic mass is 9.69. The summed E-state index contributed by atoms with van der Waals surface area (Å²) in [6, 6.07) is 21.3. The Morgan fingerprint density at radius 2 is 1.77 bits per heavy atom. The fourth-order valence-corrected chi connectivity index (χ4v) is 11.0. The second kappa shape index (κ2) is 17.7. The van der Waals surface area contributed by atoms with E-state index in [1.54, 1.807) is 16.7 Å². The van der Waals surface area contributed by atoms with E-state index in [1.807, 2.05) is 24.3 Å². The van der Waals surface area contributed by atoms with Crippen LogP contribution >= 0.6 is 0 Å². The lowest BCUT2D eigenvalue weighted by molar-refractivity contribution is -0.167. The minimum Gasteiger partial charge on any atom is -0.506 e. The number of aromatic hydroxyl groups is 1. The average Bonchev–Trinajstić information content (AvgIpc) is 3.56. The number of benzene rings is 3. The van der Waals surface area contributed by atoms with E-state index in [4.69, 9.17) is 13.6 Å². The first-order valence-electron chi connectivity index (χ1n) is 22.6. The number of carbonyl (C=O) groups excluding carboxylic acids is 1. The van der Waals surface area contributed by atoms with E-state index in [-0.39, 0.29) is 40.3 Å². The normalized spacial score (nSPS) is 20.9. The van der Waals surface area contributed by atoms with Crippen molar-refractivity contribution in [3.8, 4) is 5.75 Å². The van der Waals surface area contributed by atoms with Gasteiger partial charge in [0.2, 0.25) is 5.56 Å². The van der Waals surface area contributed by atoms with Crippen LogP contribution < -0.4 is 16.6 Å².